The van der Waals surface area contributed by atoms with Gasteiger partial charge in [0.25, 0.3) is 0 Å². The molecule has 0 aliphatic heterocycles. The van der Waals surface area contributed by atoms with Gasteiger partial charge in [-0.25, -0.2) is 0 Å². The normalized spacial score (nSPS) is 12.1. The molecule has 0 N–H and O–H groups in total. The lowest BCUT2D eigenvalue weighted by molar-refractivity contribution is 0.568. The molecule has 1 nitrogen and oxygen atoms in total. The van der Waals surface area contributed by atoms with Crippen LogP contribution in [0.5, 0.6) is 0 Å². The summed E-state index contributed by atoms with van der Waals surface area (Å²) in [4.78, 5) is 10.2. The number of carbonyl (C=O) groups is 1. The first-order valence-electron chi connectivity index (χ1n) is 3.83. The second-order valence-electron chi connectivity index (χ2n) is 2.71. The molecule has 11 heavy (non-hydrogen) atoms. The molecule has 0 spiro atoms. The molecule has 0 aliphatic rings. The molecule has 1 atom stereocenters. The maximum absolute atomic E-state index is 10.2. The molecule has 56 valence electrons. The van der Waals surface area contributed by atoms with Crippen molar-refractivity contribution in [1.29, 1.82) is 0 Å². The van der Waals surface area contributed by atoms with Crippen LogP contribution < -0.4 is 0 Å². The van der Waals surface area contributed by atoms with E-state index in [9.17, 15) is 4.79 Å². The first-order chi connectivity index (χ1) is 5.34. The molecule has 0 aromatic heterocycles. The zero-order valence-electron chi connectivity index (χ0n) is 6.66. The smallest absolute Gasteiger partial charge is 0.208 e. The van der Waals surface area contributed by atoms with Crippen LogP contribution in [0.2, 0.25) is 0 Å². The molecule has 1 aromatic rings. The highest BCUT2D eigenvalue weighted by atomic mass is 16.1. The van der Waals surface area contributed by atoms with Gasteiger partial charge in [0, 0.05) is 0 Å². The van der Waals surface area contributed by atoms with E-state index in [0.717, 1.165) is 6.19 Å². The third-order valence-electron chi connectivity index (χ3n) is 1.82. The number of rotatable bonds is 3. The predicted octanol–water partition coefficient (Wildman–Crippen LogP) is 1.37. The summed E-state index contributed by atoms with van der Waals surface area (Å²) in [6.45, 7) is 2.06. The lowest BCUT2D eigenvalue weighted by Gasteiger charge is -2.04. The van der Waals surface area contributed by atoms with Crippen molar-refractivity contribution in [2.45, 2.75) is 12.7 Å². The number of benzene rings is 1. The maximum Gasteiger partial charge on any atom is 0.208 e. The fourth-order valence-corrected chi connectivity index (χ4v) is 1.06. The van der Waals surface area contributed by atoms with Gasteiger partial charge in [-0.2, -0.15) is 0 Å². The monoisotopic (exact) mass is 146 g/mol. The minimum atomic E-state index is 0.355. The molecule has 0 bridgehead atoms. The minimum Gasteiger partial charge on any atom is -0.315 e. The van der Waals surface area contributed by atoms with Crippen molar-refractivity contribution in [2.24, 2.45) is 0 Å². The first kappa shape index (κ1) is 8.06. The van der Waals surface area contributed by atoms with Gasteiger partial charge in [0.15, 0.2) is 0 Å². The Hall–Kier alpha value is -1.05. The Labute approximate surface area is 67.7 Å². The Morgan fingerprint density at radius 1 is 1.36 bits per heavy atom. The van der Waals surface area contributed by atoms with Gasteiger partial charge in [-0.05, 0) is 5.82 Å². The van der Waals surface area contributed by atoms with E-state index in [2.05, 4.69) is 6.92 Å². The summed E-state index contributed by atoms with van der Waals surface area (Å²) >= 11 is 0. The van der Waals surface area contributed by atoms with Gasteiger partial charge in [0.1, 0.15) is 0 Å². The molecule has 0 amide bonds. The molecule has 1 aromatic carbocycles. The molecule has 2 heteroatoms. The van der Waals surface area contributed by atoms with Gasteiger partial charge in [-0.3, -0.25) is 0 Å². The van der Waals surface area contributed by atoms with E-state index in [1.165, 1.54) is 5.56 Å². The van der Waals surface area contributed by atoms with E-state index < -0.39 is 0 Å². The van der Waals surface area contributed by atoms with Gasteiger partial charge in [-0.1, -0.05) is 42.8 Å². The molecule has 0 unspecified atom stereocenters. The van der Waals surface area contributed by atoms with E-state index in [1.807, 2.05) is 30.3 Å². The summed E-state index contributed by atoms with van der Waals surface area (Å²) in [5, 5.41) is 0. The molecular formula is C9H11BO. The van der Waals surface area contributed by atoms with E-state index in [-0.39, 0.29) is 0 Å². The third-order valence-corrected chi connectivity index (χ3v) is 1.82. The molecule has 0 fully saturated rings. The van der Waals surface area contributed by atoms with Crippen LogP contribution >= 0.6 is 0 Å². The van der Waals surface area contributed by atoms with E-state index >= 15 is 0 Å². The maximum atomic E-state index is 10.2. The van der Waals surface area contributed by atoms with Crippen LogP contribution in [0, 0.1) is 0 Å². The third kappa shape index (κ3) is 2.22. The summed E-state index contributed by atoms with van der Waals surface area (Å²) in [5.41, 5.74) is 1.24. The number of hydrogen-bond acceptors (Lipinski definition) is 1. The van der Waals surface area contributed by atoms with E-state index in [4.69, 9.17) is 0 Å². The SMILES string of the molecule is C[C@@H](BC=O)c1ccccc1. The minimum absolute atomic E-state index is 0.355. The van der Waals surface area contributed by atoms with Crippen LogP contribution in [0.3, 0.4) is 0 Å². The first-order valence-corrected chi connectivity index (χ1v) is 3.83. The van der Waals surface area contributed by atoms with Crippen LogP contribution in [0.25, 0.3) is 0 Å². The van der Waals surface area contributed by atoms with E-state index in [1.54, 1.807) is 0 Å². The summed E-state index contributed by atoms with van der Waals surface area (Å²) in [6.07, 6.45) is 0.970. The lowest BCUT2D eigenvalue weighted by atomic mass is 9.64. The average molecular weight is 146 g/mol. The average Bonchev–Trinajstić information content (AvgIpc) is 2.07. The van der Waals surface area contributed by atoms with Crippen LogP contribution in [-0.2, 0) is 4.79 Å². The van der Waals surface area contributed by atoms with Gasteiger partial charge in [0.2, 0.25) is 7.28 Å². The molecule has 1 rings (SSSR count). The lowest BCUT2D eigenvalue weighted by Crippen LogP contribution is -2.04. The summed E-state index contributed by atoms with van der Waals surface area (Å²) in [5.74, 6) is 0.355. The van der Waals surface area contributed by atoms with Gasteiger partial charge >= 0.3 is 0 Å². The Bertz CT molecular complexity index is 220. The number of carbonyl (C=O) groups excluding carboxylic acids is 1. The van der Waals surface area contributed by atoms with Crippen molar-refractivity contribution >= 4 is 13.5 Å². The molecule has 0 saturated carbocycles. The Morgan fingerprint density at radius 3 is 2.55 bits per heavy atom. The second kappa shape index (κ2) is 3.96. The van der Waals surface area contributed by atoms with Gasteiger partial charge in [-0.15, -0.1) is 0 Å². The van der Waals surface area contributed by atoms with Crippen LogP contribution in [0.15, 0.2) is 30.3 Å². The second-order valence-corrected chi connectivity index (χ2v) is 2.71. The number of hydrogen-bond donors (Lipinski definition) is 0. The van der Waals surface area contributed by atoms with Crippen molar-refractivity contribution in [3.63, 3.8) is 0 Å². The van der Waals surface area contributed by atoms with Crippen molar-refractivity contribution < 1.29 is 4.79 Å². The largest absolute Gasteiger partial charge is 0.315 e. The Balaban J connectivity index is 2.68. The summed E-state index contributed by atoms with van der Waals surface area (Å²) < 4.78 is 0. The quantitative estimate of drug-likeness (QED) is 0.465. The van der Waals surface area contributed by atoms with Gasteiger partial charge < -0.3 is 4.79 Å². The van der Waals surface area contributed by atoms with Crippen molar-refractivity contribution in [3.05, 3.63) is 35.9 Å². The highest BCUT2D eigenvalue weighted by molar-refractivity contribution is 6.67. The van der Waals surface area contributed by atoms with Crippen molar-refractivity contribution in [2.75, 3.05) is 0 Å². The molecule has 0 saturated heterocycles. The van der Waals surface area contributed by atoms with Crippen molar-refractivity contribution in [3.8, 4) is 0 Å². The topological polar surface area (TPSA) is 17.1 Å². The summed E-state index contributed by atoms with van der Waals surface area (Å²) in [7, 11) is 0.615. The van der Waals surface area contributed by atoms with E-state index in [0.29, 0.717) is 13.1 Å². The van der Waals surface area contributed by atoms with Gasteiger partial charge in [0.05, 0.1) is 6.19 Å². The Kier molecular flexibility index (Phi) is 2.90. The Morgan fingerprint density at radius 2 is 2.00 bits per heavy atom. The van der Waals surface area contributed by atoms with Crippen LogP contribution in [0.4, 0.5) is 0 Å². The highest BCUT2D eigenvalue weighted by Crippen LogP contribution is 2.11. The highest BCUT2D eigenvalue weighted by Gasteiger charge is 2.04. The zero-order valence-corrected chi connectivity index (χ0v) is 6.66. The molecule has 0 radical (unpaired) electrons. The van der Waals surface area contributed by atoms with Crippen LogP contribution in [-0.4, -0.2) is 13.5 Å². The van der Waals surface area contributed by atoms with Crippen LogP contribution in [0.1, 0.15) is 18.3 Å². The fraction of sp³-hybridized carbons (Fsp3) is 0.222. The molecule has 0 heterocycles. The van der Waals surface area contributed by atoms with Crippen molar-refractivity contribution in [1.82, 2.24) is 0 Å². The standard InChI is InChI=1S/C9H11BO/c1-8(10-7-11)9-5-3-2-4-6-9/h2-8,10H,1H3/t8-/m1/s1. The predicted molar refractivity (Wildman–Crippen MR) is 48.8 cm³/mol. The molecular weight excluding hydrogens is 135 g/mol. The summed E-state index contributed by atoms with van der Waals surface area (Å²) in [6, 6.07) is 10.1. The zero-order chi connectivity index (χ0) is 8.10. The molecule has 0 aliphatic carbocycles. The fourth-order valence-electron chi connectivity index (χ4n) is 1.06.